The Hall–Kier alpha value is -2.54. The van der Waals surface area contributed by atoms with Crippen molar-refractivity contribution in [1.82, 2.24) is 0 Å². The predicted octanol–water partition coefficient (Wildman–Crippen LogP) is 3.98. The number of carbonyl (C=O) groups excluding carboxylic acids is 1. The molecular weight excluding hydrogens is 342 g/mol. The molecule has 0 saturated heterocycles. The summed E-state index contributed by atoms with van der Waals surface area (Å²) in [6.45, 7) is 2.02. The maximum absolute atomic E-state index is 12.0. The Bertz CT molecular complexity index is 733. The molecule has 0 aliphatic carbocycles. The van der Waals surface area contributed by atoms with E-state index in [-0.39, 0.29) is 17.3 Å². The molecule has 0 radical (unpaired) electrons. The van der Waals surface area contributed by atoms with Crippen LogP contribution in [0.2, 0.25) is 0 Å². The van der Waals surface area contributed by atoms with Gasteiger partial charge in [0.1, 0.15) is 5.75 Å². The van der Waals surface area contributed by atoms with Gasteiger partial charge in [-0.15, -0.1) is 11.8 Å². The molecule has 0 spiro atoms. The van der Waals surface area contributed by atoms with Gasteiger partial charge in [0.15, 0.2) is 0 Å². The van der Waals surface area contributed by atoms with Crippen LogP contribution in [0.3, 0.4) is 0 Å². The summed E-state index contributed by atoms with van der Waals surface area (Å²) in [5, 5.41) is 11.5. The summed E-state index contributed by atoms with van der Waals surface area (Å²) in [7, 11) is 1.54. The number of hydrogen-bond donors (Lipinski definition) is 0. The molecule has 2 aromatic carbocycles. The molecule has 0 amide bonds. The maximum atomic E-state index is 12.0. The molecule has 2 aromatic rings. The average Bonchev–Trinajstić information content (AvgIpc) is 2.62. The molecule has 0 unspecified atom stereocenters. The smallest absolute Gasteiger partial charge is 0.339 e. The van der Waals surface area contributed by atoms with Gasteiger partial charge in [-0.1, -0.05) is 12.1 Å². The van der Waals surface area contributed by atoms with Crippen molar-refractivity contribution in [3.63, 3.8) is 0 Å². The van der Waals surface area contributed by atoms with Gasteiger partial charge >= 0.3 is 5.97 Å². The Labute approximate surface area is 150 Å². The fourth-order valence-corrected chi connectivity index (χ4v) is 3.38. The highest BCUT2D eigenvalue weighted by atomic mass is 32.2. The molecule has 0 N–H and O–H groups in total. The number of methoxy groups -OCH3 is 1. The van der Waals surface area contributed by atoms with Gasteiger partial charge in [0.25, 0.3) is 0 Å². The number of esters is 1. The topological polar surface area (TPSA) is 78.7 Å². The average molecular weight is 361 g/mol. The van der Waals surface area contributed by atoms with Gasteiger partial charge in [-0.05, 0) is 43.3 Å². The molecule has 1 atom stereocenters. The van der Waals surface area contributed by atoms with Crippen LogP contribution in [0.4, 0.5) is 0 Å². The number of nitro groups is 1. The lowest BCUT2D eigenvalue weighted by atomic mass is 10.1. The molecule has 2 rings (SSSR count). The van der Waals surface area contributed by atoms with E-state index in [4.69, 9.17) is 9.47 Å². The SMILES string of the molecule is CCOC(=O)c1ccccc1SC[C@H](c1ccc(OC)cc1)[N+](=O)[O-]. The number of nitrogens with zero attached hydrogens (tertiary/aromatic N) is 1. The van der Waals surface area contributed by atoms with Crippen LogP contribution in [-0.2, 0) is 4.74 Å². The second-order valence-corrected chi connectivity index (χ2v) is 6.16. The van der Waals surface area contributed by atoms with E-state index in [1.54, 1.807) is 62.6 Å². The predicted molar refractivity (Wildman–Crippen MR) is 95.9 cm³/mol. The summed E-state index contributed by atoms with van der Waals surface area (Å²) in [6, 6.07) is 12.8. The number of ether oxygens (including phenoxy) is 2. The monoisotopic (exact) mass is 361 g/mol. The van der Waals surface area contributed by atoms with Gasteiger partial charge in [0.05, 0.1) is 25.0 Å². The Kier molecular flexibility index (Phi) is 6.82. The van der Waals surface area contributed by atoms with Crippen LogP contribution < -0.4 is 4.74 Å². The minimum absolute atomic E-state index is 0.204. The van der Waals surface area contributed by atoms with Gasteiger partial charge < -0.3 is 9.47 Å². The van der Waals surface area contributed by atoms with Crippen LogP contribution in [0, 0.1) is 10.1 Å². The van der Waals surface area contributed by atoms with Crippen molar-refractivity contribution in [2.45, 2.75) is 17.9 Å². The normalized spacial score (nSPS) is 11.6. The van der Waals surface area contributed by atoms with Crippen molar-refractivity contribution in [1.29, 1.82) is 0 Å². The third-order valence-electron chi connectivity index (χ3n) is 3.53. The number of hydrogen-bond acceptors (Lipinski definition) is 6. The lowest BCUT2D eigenvalue weighted by Crippen LogP contribution is -2.13. The van der Waals surface area contributed by atoms with Crippen molar-refractivity contribution < 1.29 is 19.2 Å². The van der Waals surface area contributed by atoms with E-state index in [0.29, 0.717) is 21.8 Å². The van der Waals surface area contributed by atoms with Crippen LogP contribution in [0.15, 0.2) is 53.4 Å². The maximum Gasteiger partial charge on any atom is 0.339 e. The third kappa shape index (κ3) is 4.96. The Morgan fingerprint density at radius 1 is 1.20 bits per heavy atom. The van der Waals surface area contributed by atoms with E-state index < -0.39 is 12.0 Å². The second kappa shape index (κ2) is 9.08. The molecule has 0 aliphatic rings. The van der Waals surface area contributed by atoms with Crippen molar-refractivity contribution in [2.24, 2.45) is 0 Å². The molecule has 0 bridgehead atoms. The summed E-state index contributed by atoms with van der Waals surface area (Å²) in [5.41, 5.74) is 1.01. The highest BCUT2D eigenvalue weighted by molar-refractivity contribution is 7.99. The summed E-state index contributed by atoms with van der Waals surface area (Å²) < 4.78 is 10.1. The van der Waals surface area contributed by atoms with Crippen LogP contribution in [0.25, 0.3) is 0 Å². The van der Waals surface area contributed by atoms with E-state index >= 15 is 0 Å². The van der Waals surface area contributed by atoms with E-state index in [0.717, 1.165) is 0 Å². The first kappa shape index (κ1) is 18.8. The molecule has 0 aliphatic heterocycles. The zero-order valence-corrected chi connectivity index (χ0v) is 14.8. The molecule has 7 heteroatoms. The van der Waals surface area contributed by atoms with Gasteiger partial charge in [0.2, 0.25) is 6.04 Å². The zero-order valence-electron chi connectivity index (χ0n) is 14.0. The van der Waals surface area contributed by atoms with Crippen LogP contribution >= 0.6 is 11.8 Å². The molecule has 0 saturated carbocycles. The summed E-state index contributed by atoms with van der Waals surface area (Å²) in [5.74, 6) is 0.425. The largest absolute Gasteiger partial charge is 0.497 e. The van der Waals surface area contributed by atoms with Crippen LogP contribution in [0.5, 0.6) is 5.75 Å². The van der Waals surface area contributed by atoms with E-state index in [2.05, 4.69) is 0 Å². The lowest BCUT2D eigenvalue weighted by molar-refractivity contribution is -0.522. The number of benzene rings is 2. The van der Waals surface area contributed by atoms with Gasteiger partial charge in [-0.2, -0.15) is 0 Å². The Morgan fingerprint density at radius 3 is 2.48 bits per heavy atom. The number of carbonyl (C=O) groups is 1. The lowest BCUT2D eigenvalue weighted by Gasteiger charge is -2.12. The quantitative estimate of drug-likeness (QED) is 0.306. The van der Waals surface area contributed by atoms with Crippen LogP contribution in [0.1, 0.15) is 28.9 Å². The summed E-state index contributed by atoms with van der Waals surface area (Å²) in [6.07, 6.45) is 0. The Morgan fingerprint density at radius 2 is 1.88 bits per heavy atom. The van der Waals surface area contributed by atoms with Crippen molar-refractivity contribution in [3.8, 4) is 5.75 Å². The van der Waals surface area contributed by atoms with Gasteiger partial charge in [0, 0.05) is 15.4 Å². The first-order chi connectivity index (χ1) is 12.1. The second-order valence-electron chi connectivity index (χ2n) is 5.10. The highest BCUT2D eigenvalue weighted by Gasteiger charge is 2.24. The van der Waals surface area contributed by atoms with Crippen LogP contribution in [-0.4, -0.2) is 30.4 Å². The molecule has 25 heavy (non-hydrogen) atoms. The van der Waals surface area contributed by atoms with Crippen molar-refractivity contribution in [3.05, 3.63) is 69.8 Å². The van der Waals surface area contributed by atoms with E-state index in [1.165, 1.54) is 11.8 Å². The third-order valence-corrected chi connectivity index (χ3v) is 4.68. The van der Waals surface area contributed by atoms with Crippen molar-refractivity contribution >= 4 is 17.7 Å². The minimum Gasteiger partial charge on any atom is -0.497 e. The molecule has 0 fully saturated rings. The Balaban J connectivity index is 2.16. The van der Waals surface area contributed by atoms with Gasteiger partial charge in [-0.25, -0.2) is 4.79 Å². The first-order valence-electron chi connectivity index (χ1n) is 7.73. The van der Waals surface area contributed by atoms with E-state index in [1.807, 2.05) is 0 Å². The molecular formula is C18H19NO5S. The zero-order chi connectivity index (χ0) is 18.2. The van der Waals surface area contributed by atoms with Crippen molar-refractivity contribution in [2.75, 3.05) is 19.5 Å². The molecule has 0 heterocycles. The fraction of sp³-hybridized carbons (Fsp3) is 0.278. The number of rotatable bonds is 8. The standard InChI is InChI=1S/C18H19NO5S/c1-3-24-18(20)15-6-4-5-7-17(15)25-12-16(19(21)22)13-8-10-14(23-2)11-9-13/h4-11,16H,3,12H2,1-2H3/t16-/m1/s1. The molecule has 6 nitrogen and oxygen atoms in total. The fourth-order valence-electron chi connectivity index (χ4n) is 2.24. The van der Waals surface area contributed by atoms with Gasteiger partial charge in [-0.3, -0.25) is 10.1 Å². The molecule has 132 valence electrons. The molecule has 0 aromatic heterocycles. The minimum atomic E-state index is -0.883. The van der Waals surface area contributed by atoms with E-state index in [9.17, 15) is 14.9 Å². The summed E-state index contributed by atoms with van der Waals surface area (Å²) >= 11 is 1.27. The highest BCUT2D eigenvalue weighted by Crippen LogP contribution is 2.30. The number of thioether (sulfide) groups is 1. The first-order valence-corrected chi connectivity index (χ1v) is 8.71. The summed E-state index contributed by atoms with van der Waals surface area (Å²) in [4.78, 5) is 23.8.